The fourth-order valence-electron chi connectivity index (χ4n) is 4.38. The van der Waals surface area contributed by atoms with Gasteiger partial charge in [0.05, 0.1) is 30.3 Å². The number of carbonyl (C=O) groups excluding carboxylic acids is 1. The van der Waals surface area contributed by atoms with E-state index in [2.05, 4.69) is 14.9 Å². The van der Waals surface area contributed by atoms with Crippen LogP contribution in [0.5, 0.6) is 5.88 Å². The lowest BCUT2D eigenvalue weighted by atomic mass is 10.1. The summed E-state index contributed by atoms with van der Waals surface area (Å²) in [5.41, 5.74) is 0.746. The van der Waals surface area contributed by atoms with Gasteiger partial charge >= 0.3 is 6.18 Å². The summed E-state index contributed by atoms with van der Waals surface area (Å²) < 4.78 is 45.1. The van der Waals surface area contributed by atoms with Crippen molar-refractivity contribution < 1.29 is 22.7 Å². The summed E-state index contributed by atoms with van der Waals surface area (Å²) in [5.74, 6) is 0.930. The van der Waals surface area contributed by atoms with Crippen molar-refractivity contribution in [2.45, 2.75) is 63.0 Å². The number of hydrogen-bond donors (Lipinski definition) is 0. The van der Waals surface area contributed by atoms with Gasteiger partial charge in [-0.25, -0.2) is 9.88 Å². The average molecular weight is 432 g/mol. The average Bonchev–Trinajstić information content (AvgIpc) is 3.52. The molecule has 0 bridgehead atoms. The molecule has 1 saturated carbocycles. The second kappa shape index (κ2) is 7.78. The first kappa shape index (κ1) is 20.2. The summed E-state index contributed by atoms with van der Waals surface area (Å²) in [6.07, 6.45) is 3.02. The largest absolute Gasteiger partial charge is 0.457 e. The van der Waals surface area contributed by atoms with E-state index in [0.717, 1.165) is 43.5 Å². The van der Waals surface area contributed by atoms with Crippen molar-refractivity contribution in [1.29, 1.82) is 0 Å². The molecule has 3 fully saturated rings. The van der Waals surface area contributed by atoms with Crippen molar-refractivity contribution in [2.75, 3.05) is 6.67 Å². The minimum absolute atomic E-state index is 0.0483. The van der Waals surface area contributed by atoms with Crippen molar-refractivity contribution in [3.63, 3.8) is 0 Å². The molecular formula is C22H23F3N4O2. The number of fused-ring (bicyclic) bond motifs is 1. The SMILES string of the molecule is O=C1C[C@@H]2CC[C@H](Oc3cnc(C4CC4)cn3)N2CN1Cc1cccc(C(F)(F)F)c1. The van der Waals surface area contributed by atoms with Crippen LogP contribution in [0, 0.1) is 0 Å². The third-order valence-electron chi connectivity index (χ3n) is 6.21. The highest BCUT2D eigenvalue weighted by molar-refractivity contribution is 5.77. The minimum Gasteiger partial charge on any atom is -0.457 e. The number of rotatable bonds is 5. The summed E-state index contributed by atoms with van der Waals surface area (Å²) in [6, 6.07) is 5.21. The molecule has 0 radical (unpaired) electrons. The van der Waals surface area contributed by atoms with Gasteiger partial charge in [0.25, 0.3) is 0 Å². The molecule has 3 aliphatic rings. The van der Waals surface area contributed by atoms with E-state index in [1.54, 1.807) is 23.4 Å². The summed E-state index contributed by atoms with van der Waals surface area (Å²) in [4.78, 5) is 25.1. The van der Waals surface area contributed by atoms with Crippen LogP contribution in [0.2, 0.25) is 0 Å². The van der Waals surface area contributed by atoms with E-state index in [0.29, 0.717) is 30.5 Å². The fraction of sp³-hybridized carbons (Fsp3) is 0.500. The maximum Gasteiger partial charge on any atom is 0.416 e. The molecule has 2 saturated heterocycles. The van der Waals surface area contributed by atoms with Crippen LogP contribution in [0.1, 0.15) is 54.8 Å². The van der Waals surface area contributed by atoms with Gasteiger partial charge in [0, 0.05) is 24.9 Å². The number of amides is 1. The minimum atomic E-state index is -4.41. The van der Waals surface area contributed by atoms with Crippen LogP contribution in [0.4, 0.5) is 13.2 Å². The fourth-order valence-corrected chi connectivity index (χ4v) is 4.38. The second-order valence-corrected chi connectivity index (χ2v) is 8.51. The van der Waals surface area contributed by atoms with Crippen LogP contribution in [-0.4, -0.2) is 44.6 Å². The lowest BCUT2D eigenvalue weighted by molar-refractivity contribution is -0.144. The van der Waals surface area contributed by atoms with Crippen LogP contribution in [0.3, 0.4) is 0 Å². The Bertz CT molecular complexity index is 962. The molecule has 1 aromatic heterocycles. The standard InChI is InChI=1S/C22H23F3N4O2/c23-22(24,25)16-3-1-2-14(8-16)12-28-13-29-17(9-20(28)30)6-7-21(29)31-19-11-26-18(10-27-19)15-4-5-15/h1-3,8,10-11,15,17,21H,4-7,9,12-13H2/t17-,21-/m0/s1. The Hall–Kier alpha value is -2.68. The highest BCUT2D eigenvalue weighted by Gasteiger charge is 2.42. The van der Waals surface area contributed by atoms with Crippen molar-refractivity contribution in [1.82, 2.24) is 19.8 Å². The zero-order valence-electron chi connectivity index (χ0n) is 16.9. The lowest BCUT2D eigenvalue weighted by Crippen LogP contribution is -2.54. The van der Waals surface area contributed by atoms with E-state index < -0.39 is 11.7 Å². The maximum absolute atomic E-state index is 13.0. The lowest BCUT2D eigenvalue weighted by Gasteiger charge is -2.39. The normalized spacial score (nSPS) is 24.4. The zero-order valence-corrected chi connectivity index (χ0v) is 16.9. The number of benzene rings is 1. The number of ether oxygens (including phenoxy) is 1. The molecule has 2 aliphatic heterocycles. The molecular weight excluding hydrogens is 409 g/mol. The molecule has 0 unspecified atom stereocenters. The van der Waals surface area contributed by atoms with Crippen LogP contribution in [0.15, 0.2) is 36.7 Å². The van der Waals surface area contributed by atoms with E-state index in [9.17, 15) is 18.0 Å². The molecule has 5 rings (SSSR count). The quantitative estimate of drug-likeness (QED) is 0.717. The second-order valence-electron chi connectivity index (χ2n) is 8.51. The summed E-state index contributed by atoms with van der Waals surface area (Å²) >= 11 is 0. The van der Waals surface area contributed by atoms with Gasteiger partial charge < -0.3 is 9.64 Å². The van der Waals surface area contributed by atoms with E-state index >= 15 is 0 Å². The van der Waals surface area contributed by atoms with Gasteiger partial charge in [-0.05, 0) is 43.4 Å². The van der Waals surface area contributed by atoms with Gasteiger partial charge in [-0.3, -0.25) is 9.78 Å². The van der Waals surface area contributed by atoms with E-state index in [1.807, 2.05) is 0 Å². The number of halogens is 3. The number of aromatic nitrogens is 2. The first-order valence-corrected chi connectivity index (χ1v) is 10.5. The molecule has 164 valence electrons. The summed E-state index contributed by atoms with van der Waals surface area (Å²) in [5, 5.41) is 0. The molecule has 0 N–H and O–H groups in total. The smallest absolute Gasteiger partial charge is 0.416 e. The van der Waals surface area contributed by atoms with E-state index in [1.165, 1.54) is 6.07 Å². The molecule has 1 aliphatic carbocycles. The zero-order chi connectivity index (χ0) is 21.6. The highest BCUT2D eigenvalue weighted by Crippen LogP contribution is 2.39. The molecule has 3 heterocycles. The first-order valence-electron chi connectivity index (χ1n) is 10.5. The number of nitrogens with zero attached hydrogens (tertiary/aromatic N) is 4. The predicted molar refractivity (Wildman–Crippen MR) is 105 cm³/mol. The van der Waals surface area contributed by atoms with Crippen molar-refractivity contribution in [2.24, 2.45) is 0 Å². The van der Waals surface area contributed by atoms with Gasteiger partial charge in [0.15, 0.2) is 6.23 Å². The third-order valence-corrected chi connectivity index (χ3v) is 6.21. The third kappa shape index (κ3) is 4.37. The molecule has 2 atom stereocenters. The van der Waals surface area contributed by atoms with Gasteiger partial charge in [-0.1, -0.05) is 12.1 Å². The Morgan fingerprint density at radius 2 is 1.94 bits per heavy atom. The van der Waals surface area contributed by atoms with Gasteiger partial charge in [-0.15, -0.1) is 0 Å². The predicted octanol–water partition coefficient (Wildman–Crippen LogP) is 3.93. The van der Waals surface area contributed by atoms with E-state index in [4.69, 9.17) is 4.74 Å². The van der Waals surface area contributed by atoms with Crippen LogP contribution < -0.4 is 4.74 Å². The summed E-state index contributed by atoms with van der Waals surface area (Å²) in [6.45, 7) is 0.451. The molecule has 2 aromatic rings. The number of carbonyl (C=O) groups is 1. The highest BCUT2D eigenvalue weighted by atomic mass is 19.4. The number of hydrogen-bond acceptors (Lipinski definition) is 5. The topological polar surface area (TPSA) is 58.6 Å². The molecule has 6 nitrogen and oxygen atoms in total. The van der Waals surface area contributed by atoms with Crippen LogP contribution in [-0.2, 0) is 17.5 Å². The Morgan fingerprint density at radius 3 is 2.65 bits per heavy atom. The van der Waals surface area contributed by atoms with Gasteiger partial charge in [0.2, 0.25) is 11.8 Å². The molecule has 31 heavy (non-hydrogen) atoms. The van der Waals surface area contributed by atoms with Crippen molar-refractivity contribution in [3.8, 4) is 5.88 Å². The maximum atomic E-state index is 13.0. The van der Waals surface area contributed by atoms with Crippen molar-refractivity contribution in [3.05, 3.63) is 53.5 Å². The monoisotopic (exact) mass is 432 g/mol. The van der Waals surface area contributed by atoms with Gasteiger partial charge in [-0.2, -0.15) is 13.2 Å². The van der Waals surface area contributed by atoms with Crippen LogP contribution >= 0.6 is 0 Å². The molecule has 1 amide bonds. The molecule has 1 aromatic carbocycles. The Morgan fingerprint density at radius 1 is 1.10 bits per heavy atom. The molecule has 0 spiro atoms. The van der Waals surface area contributed by atoms with Crippen LogP contribution in [0.25, 0.3) is 0 Å². The van der Waals surface area contributed by atoms with E-state index in [-0.39, 0.29) is 24.7 Å². The Balaban J connectivity index is 1.26. The van der Waals surface area contributed by atoms with Crippen molar-refractivity contribution >= 4 is 5.91 Å². The number of alkyl halides is 3. The first-order chi connectivity index (χ1) is 14.9. The summed E-state index contributed by atoms with van der Waals surface area (Å²) in [7, 11) is 0. The Kier molecular flexibility index (Phi) is 5.08. The molecule has 9 heteroatoms. The Labute approximate surface area is 178 Å². The van der Waals surface area contributed by atoms with Gasteiger partial charge in [0.1, 0.15) is 0 Å².